The minimum atomic E-state index is -1.90. The standard InChI is InChI=1S/C21H32O4Si/c1-14-11-10-12-15-16(13-25-26(8,9)21(2,3)4)18(22-5)20(24-7)19(23-6)17(14)15/h10-12H,13H2,1-9H3. The Morgan fingerprint density at radius 3 is 1.96 bits per heavy atom. The van der Waals surface area contributed by atoms with E-state index >= 15 is 0 Å². The van der Waals surface area contributed by atoms with Crippen LogP contribution in [0.3, 0.4) is 0 Å². The van der Waals surface area contributed by atoms with Gasteiger partial charge < -0.3 is 18.6 Å². The molecular formula is C21H32O4Si. The number of methoxy groups -OCH3 is 3. The summed E-state index contributed by atoms with van der Waals surface area (Å²) in [7, 11) is 3.06. The molecule has 0 fully saturated rings. The fraction of sp³-hybridized carbons (Fsp3) is 0.524. The summed E-state index contributed by atoms with van der Waals surface area (Å²) in [5.41, 5.74) is 2.14. The molecular weight excluding hydrogens is 344 g/mol. The lowest BCUT2D eigenvalue weighted by atomic mass is 9.98. The molecule has 0 amide bonds. The molecule has 144 valence electrons. The van der Waals surface area contributed by atoms with Crippen LogP contribution in [0.15, 0.2) is 18.2 Å². The zero-order chi connectivity index (χ0) is 19.7. The van der Waals surface area contributed by atoms with Gasteiger partial charge in [0.1, 0.15) is 0 Å². The number of ether oxygens (including phenoxy) is 3. The monoisotopic (exact) mass is 376 g/mol. The lowest BCUT2D eigenvalue weighted by molar-refractivity contribution is 0.266. The highest BCUT2D eigenvalue weighted by molar-refractivity contribution is 6.74. The van der Waals surface area contributed by atoms with E-state index < -0.39 is 8.32 Å². The number of hydrogen-bond acceptors (Lipinski definition) is 4. The zero-order valence-electron chi connectivity index (χ0n) is 17.6. The summed E-state index contributed by atoms with van der Waals surface area (Å²) >= 11 is 0. The summed E-state index contributed by atoms with van der Waals surface area (Å²) in [6, 6.07) is 6.23. The van der Waals surface area contributed by atoms with Crippen LogP contribution in [0.2, 0.25) is 18.1 Å². The van der Waals surface area contributed by atoms with Crippen molar-refractivity contribution in [2.75, 3.05) is 21.3 Å². The largest absolute Gasteiger partial charge is 0.492 e. The maximum Gasteiger partial charge on any atom is 0.204 e. The van der Waals surface area contributed by atoms with E-state index in [2.05, 4.69) is 59.0 Å². The molecule has 2 rings (SSSR count). The van der Waals surface area contributed by atoms with Crippen LogP contribution in [-0.2, 0) is 11.0 Å². The highest BCUT2D eigenvalue weighted by Crippen LogP contribution is 2.48. The second kappa shape index (κ2) is 7.49. The van der Waals surface area contributed by atoms with Crippen LogP contribution in [0.5, 0.6) is 17.2 Å². The Morgan fingerprint density at radius 2 is 1.46 bits per heavy atom. The molecule has 4 nitrogen and oxygen atoms in total. The van der Waals surface area contributed by atoms with Crippen molar-refractivity contribution in [3.63, 3.8) is 0 Å². The van der Waals surface area contributed by atoms with Crippen molar-refractivity contribution >= 4 is 19.1 Å². The number of aryl methyl sites for hydroxylation is 1. The van der Waals surface area contributed by atoms with Crippen molar-refractivity contribution in [3.8, 4) is 17.2 Å². The van der Waals surface area contributed by atoms with E-state index in [1.54, 1.807) is 21.3 Å². The molecule has 0 spiro atoms. The van der Waals surface area contributed by atoms with E-state index in [0.717, 1.165) is 21.9 Å². The number of fused-ring (bicyclic) bond motifs is 1. The number of hydrogen-bond donors (Lipinski definition) is 0. The van der Waals surface area contributed by atoms with Crippen LogP contribution in [0.4, 0.5) is 0 Å². The van der Waals surface area contributed by atoms with E-state index in [9.17, 15) is 0 Å². The summed E-state index contributed by atoms with van der Waals surface area (Å²) in [5.74, 6) is 2.00. The molecule has 0 aliphatic rings. The average Bonchev–Trinajstić information content (AvgIpc) is 2.57. The van der Waals surface area contributed by atoms with Gasteiger partial charge >= 0.3 is 0 Å². The molecule has 0 saturated heterocycles. The normalized spacial score (nSPS) is 12.3. The number of rotatable bonds is 6. The first-order chi connectivity index (χ1) is 12.1. The smallest absolute Gasteiger partial charge is 0.204 e. The summed E-state index contributed by atoms with van der Waals surface area (Å²) < 4.78 is 23.6. The van der Waals surface area contributed by atoms with Gasteiger partial charge in [-0.3, -0.25) is 0 Å². The van der Waals surface area contributed by atoms with Gasteiger partial charge in [-0.2, -0.15) is 0 Å². The van der Waals surface area contributed by atoms with Crippen LogP contribution in [0, 0.1) is 6.92 Å². The molecule has 0 radical (unpaired) electrons. The molecule has 0 heterocycles. The van der Waals surface area contributed by atoms with E-state index in [1.807, 2.05) is 0 Å². The van der Waals surface area contributed by atoms with Crippen molar-refractivity contribution in [3.05, 3.63) is 29.3 Å². The first-order valence-electron chi connectivity index (χ1n) is 8.93. The fourth-order valence-electron chi connectivity index (χ4n) is 2.91. The summed E-state index contributed by atoms with van der Waals surface area (Å²) in [6.45, 7) is 13.8. The highest BCUT2D eigenvalue weighted by atomic mass is 28.4. The third-order valence-corrected chi connectivity index (χ3v) is 9.99. The summed E-state index contributed by atoms with van der Waals surface area (Å²) in [6.07, 6.45) is 0. The highest BCUT2D eigenvalue weighted by Gasteiger charge is 2.37. The maximum absolute atomic E-state index is 6.51. The van der Waals surface area contributed by atoms with Gasteiger partial charge in [0.2, 0.25) is 5.75 Å². The van der Waals surface area contributed by atoms with E-state index in [-0.39, 0.29) is 5.04 Å². The quantitative estimate of drug-likeness (QED) is 0.606. The zero-order valence-corrected chi connectivity index (χ0v) is 18.6. The molecule has 0 aliphatic heterocycles. The van der Waals surface area contributed by atoms with Crippen molar-refractivity contribution in [1.29, 1.82) is 0 Å². The Hall–Kier alpha value is -1.72. The topological polar surface area (TPSA) is 36.9 Å². The van der Waals surface area contributed by atoms with Gasteiger partial charge in [-0.1, -0.05) is 39.0 Å². The predicted octanol–water partition coefficient (Wildman–Crippen LogP) is 5.70. The van der Waals surface area contributed by atoms with Gasteiger partial charge in [0.05, 0.1) is 27.9 Å². The Kier molecular flexibility index (Phi) is 5.93. The molecule has 5 heteroatoms. The van der Waals surface area contributed by atoms with Crippen LogP contribution < -0.4 is 14.2 Å². The van der Waals surface area contributed by atoms with Crippen LogP contribution in [-0.4, -0.2) is 29.6 Å². The molecule has 2 aromatic carbocycles. The van der Waals surface area contributed by atoms with Crippen molar-refractivity contribution < 1.29 is 18.6 Å². The fourth-order valence-corrected chi connectivity index (χ4v) is 3.84. The van der Waals surface area contributed by atoms with Crippen molar-refractivity contribution in [2.45, 2.75) is 52.4 Å². The van der Waals surface area contributed by atoms with E-state index in [1.165, 1.54) is 0 Å². The Balaban J connectivity index is 2.70. The molecule has 0 unspecified atom stereocenters. The van der Waals surface area contributed by atoms with E-state index in [4.69, 9.17) is 18.6 Å². The third kappa shape index (κ3) is 3.55. The Morgan fingerprint density at radius 1 is 0.885 bits per heavy atom. The summed E-state index contributed by atoms with van der Waals surface area (Å²) in [5, 5.41) is 2.27. The van der Waals surface area contributed by atoms with Gasteiger partial charge in [0, 0.05) is 10.9 Å². The maximum atomic E-state index is 6.51. The van der Waals surface area contributed by atoms with Crippen molar-refractivity contribution in [2.24, 2.45) is 0 Å². The van der Waals surface area contributed by atoms with Gasteiger partial charge in [0.15, 0.2) is 19.8 Å². The first kappa shape index (κ1) is 20.6. The lowest BCUT2D eigenvalue weighted by Crippen LogP contribution is -2.40. The lowest BCUT2D eigenvalue weighted by Gasteiger charge is -2.36. The van der Waals surface area contributed by atoms with E-state index in [0.29, 0.717) is 23.9 Å². The molecule has 0 bridgehead atoms. The molecule has 0 aliphatic carbocycles. The van der Waals surface area contributed by atoms with Gasteiger partial charge in [0.25, 0.3) is 0 Å². The molecule has 26 heavy (non-hydrogen) atoms. The third-order valence-electron chi connectivity index (χ3n) is 5.51. The second-order valence-electron chi connectivity index (χ2n) is 8.12. The molecule has 0 N–H and O–H groups in total. The minimum Gasteiger partial charge on any atom is -0.492 e. The van der Waals surface area contributed by atoms with Gasteiger partial charge in [-0.05, 0) is 36.0 Å². The Bertz CT molecular complexity index is 791. The minimum absolute atomic E-state index is 0.141. The molecule has 0 aromatic heterocycles. The van der Waals surface area contributed by atoms with Gasteiger partial charge in [-0.15, -0.1) is 0 Å². The van der Waals surface area contributed by atoms with Crippen LogP contribution in [0.25, 0.3) is 10.8 Å². The summed E-state index contributed by atoms with van der Waals surface area (Å²) in [4.78, 5) is 0. The first-order valence-corrected chi connectivity index (χ1v) is 11.8. The molecule has 0 saturated carbocycles. The second-order valence-corrected chi connectivity index (χ2v) is 12.9. The van der Waals surface area contributed by atoms with Gasteiger partial charge in [-0.25, -0.2) is 0 Å². The van der Waals surface area contributed by atoms with Crippen LogP contribution >= 0.6 is 0 Å². The molecule has 2 aromatic rings. The average molecular weight is 377 g/mol. The van der Waals surface area contributed by atoms with Crippen LogP contribution in [0.1, 0.15) is 31.9 Å². The SMILES string of the molecule is COc1c(OC)c(OC)c2c(C)cccc2c1CO[Si](C)(C)C(C)(C)C. The Labute approximate surface area is 158 Å². The van der Waals surface area contributed by atoms with Crippen molar-refractivity contribution in [1.82, 2.24) is 0 Å². The number of benzene rings is 2. The predicted molar refractivity (Wildman–Crippen MR) is 110 cm³/mol. The molecule has 0 atom stereocenters.